The number of hydrogen-bond donors (Lipinski definition) is 1. The number of nitrogens with zero attached hydrogens (tertiary/aromatic N) is 1. The van der Waals surface area contributed by atoms with Crippen molar-refractivity contribution < 1.29 is 9.53 Å². The summed E-state index contributed by atoms with van der Waals surface area (Å²) in [5.41, 5.74) is 6.80. The van der Waals surface area contributed by atoms with E-state index >= 15 is 0 Å². The maximum absolute atomic E-state index is 12.3. The highest BCUT2D eigenvalue weighted by Crippen LogP contribution is 2.26. The third-order valence-electron chi connectivity index (χ3n) is 4.46. The summed E-state index contributed by atoms with van der Waals surface area (Å²) in [5.74, 6) is 0.611. The van der Waals surface area contributed by atoms with Crippen molar-refractivity contribution in [3.63, 3.8) is 0 Å². The molecule has 0 radical (unpaired) electrons. The number of hydrogen-bond acceptors (Lipinski definition) is 3. The fourth-order valence-electron chi connectivity index (χ4n) is 3.12. The summed E-state index contributed by atoms with van der Waals surface area (Å²) >= 11 is 0. The lowest BCUT2D eigenvalue weighted by atomic mass is 10.0. The Bertz CT molecular complexity index is 993. The third kappa shape index (κ3) is 4.53. The van der Waals surface area contributed by atoms with Gasteiger partial charge in [-0.1, -0.05) is 54.1 Å². The van der Waals surface area contributed by atoms with Crippen molar-refractivity contribution in [2.24, 2.45) is 5.10 Å². The van der Waals surface area contributed by atoms with Crippen LogP contribution >= 0.6 is 0 Å². The smallest absolute Gasteiger partial charge is 0.244 e. The van der Waals surface area contributed by atoms with Crippen molar-refractivity contribution in [1.82, 2.24) is 5.43 Å². The molecule has 4 nitrogen and oxygen atoms in total. The predicted octanol–water partition coefficient (Wildman–Crippen LogP) is 4.55. The Morgan fingerprint density at radius 2 is 1.93 bits per heavy atom. The Hall–Kier alpha value is -3.14. The lowest BCUT2D eigenvalue weighted by Crippen LogP contribution is -2.20. The van der Waals surface area contributed by atoms with E-state index in [2.05, 4.69) is 16.6 Å². The Balaban J connectivity index is 1.77. The fraction of sp³-hybridized carbons (Fsp3) is 0.217. The van der Waals surface area contributed by atoms with Crippen molar-refractivity contribution in [2.45, 2.75) is 27.2 Å². The minimum Gasteiger partial charge on any atom is -0.493 e. The molecule has 4 heteroatoms. The summed E-state index contributed by atoms with van der Waals surface area (Å²) in [7, 11) is 0. The van der Waals surface area contributed by atoms with E-state index in [0.29, 0.717) is 13.0 Å². The van der Waals surface area contributed by atoms with Gasteiger partial charge >= 0.3 is 0 Å². The van der Waals surface area contributed by atoms with Crippen LogP contribution in [-0.2, 0) is 11.2 Å². The van der Waals surface area contributed by atoms with E-state index in [1.54, 1.807) is 6.21 Å². The van der Waals surface area contributed by atoms with Gasteiger partial charge in [-0.25, -0.2) is 5.43 Å². The number of fused-ring (bicyclic) bond motifs is 1. The highest BCUT2D eigenvalue weighted by molar-refractivity contribution is 6.02. The second-order valence-electron chi connectivity index (χ2n) is 6.53. The number of hydrazone groups is 1. The van der Waals surface area contributed by atoms with Gasteiger partial charge in [0.1, 0.15) is 5.75 Å². The number of aryl methyl sites for hydroxylation is 2. The normalized spacial score (nSPS) is 11.1. The minimum absolute atomic E-state index is 0.142. The Kier molecular flexibility index (Phi) is 5.87. The van der Waals surface area contributed by atoms with Gasteiger partial charge in [-0.15, -0.1) is 0 Å². The summed E-state index contributed by atoms with van der Waals surface area (Å²) in [4.78, 5) is 12.3. The third-order valence-corrected chi connectivity index (χ3v) is 4.46. The Morgan fingerprint density at radius 3 is 2.70 bits per heavy atom. The van der Waals surface area contributed by atoms with Gasteiger partial charge < -0.3 is 4.74 Å². The number of amides is 1. The monoisotopic (exact) mass is 360 g/mol. The molecule has 0 spiro atoms. The molecule has 0 aliphatic carbocycles. The first-order valence-corrected chi connectivity index (χ1v) is 9.11. The molecule has 3 aromatic rings. The van der Waals surface area contributed by atoms with Gasteiger partial charge in [0.2, 0.25) is 5.91 Å². The fourth-order valence-corrected chi connectivity index (χ4v) is 3.12. The molecule has 0 aromatic heterocycles. The summed E-state index contributed by atoms with van der Waals surface area (Å²) in [6.45, 7) is 6.57. The van der Waals surface area contributed by atoms with Crippen LogP contribution in [0.25, 0.3) is 10.8 Å². The average molecular weight is 360 g/mol. The highest BCUT2D eigenvalue weighted by Gasteiger charge is 2.08. The second-order valence-corrected chi connectivity index (χ2v) is 6.53. The van der Waals surface area contributed by atoms with Crippen LogP contribution in [0.2, 0.25) is 0 Å². The van der Waals surface area contributed by atoms with Gasteiger partial charge in [0, 0.05) is 5.56 Å². The van der Waals surface area contributed by atoms with E-state index in [1.165, 1.54) is 5.56 Å². The van der Waals surface area contributed by atoms with Gasteiger partial charge in [0.15, 0.2) is 0 Å². The molecule has 0 bridgehead atoms. The molecule has 0 saturated heterocycles. The molecule has 0 aliphatic rings. The van der Waals surface area contributed by atoms with Gasteiger partial charge in [0.05, 0.1) is 19.2 Å². The zero-order chi connectivity index (χ0) is 19.2. The number of benzene rings is 3. The number of ether oxygens (including phenoxy) is 1. The van der Waals surface area contributed by atoms with Crippen LogP contribution in [0, 0.1) is 13.8 Å². The summed E-state index contributed by atoms with van der Waals surface area (Å²) in [5, 5.41) is 6.31. The van der Waals surface area contributed by atoms with Crippen molar-refractivity contribution in [3.8, 4) is 5.75 Å². The van der Waals surface area contributed by atoms with Crippen molar-refractivity contribution in [2.75, 3.05) is 6.61 Å². The number of carbonyl (C=O) groups excluding carboxylic acids is 1. The maximum atomic E-state index is 12.3. The quantitative estimate of drug-likeness (QED) is 0.518. The summed E-state index contributed by atoms with van der Waals surface area (Å²) < 4.78 is 5.72. The van der Waals surface area contributed by atoms with E-state index in [0.717, 1.165) is 33.2 Å². The standard InChI is InChI=1S/C23H24N2O2/c1-4-27-22-12-11-18-7-5-6-8-20(18)21(22)15-24-25-23(26)14-19-10-9-16(2)13-17(19)3/h5-13,15H,4,14H2,1-3H3,(H,25,26)/b24-15-. The van der Waals surface area contributed by atoms with E-state index < -0.39 is 0 Å². The molecular formula is C23H24N2O2. The van der Waals surface area contributed by atoms with Crippen molar-refractivity contribution >= 4 is 22.9 Å². The first kappa shape index (κ1) is 18.6. The first-order valence-electron chi connectivity index (χ1n) is 9.11. The molecule has 0 aliphatic heterocycles. The largest absolute Gasteiger partial charge is 0.493 e. The highest BCUT2D eigenvalue weighted by atomic mass is 16.5. The van der Waals surface area contributed by atoms with Crippen molar-refractivity contribution in [3.05, 3.63) is 76.9 Å². The lowest BCUT2D eigenvalue weighted by molar-refractivity contribution is -0.120. The van der Waals surface area contributed by atoms with Crippen molar-refractivity contribution in [1.29, 1.82) is 0 Å². The lowest BCUT2D eigenvalue weighted by Gasteiger charge is -2.10. The second kappa shape index (κ2) is 8.49. The minimum atomic E-state index is -0.142. The average Bonchev–Trinajstić information content (AvgIpc) is 2.65. The summed E-state index contributed by atoms with van der Waals surface area (Å²) in [6.07, 6.45) is 1.96. The van der Waals surface area contributed by atoms with E-state index in [-0.39, 0.29) is 5.91 Å². The molecule has 27 heavy (non-hydrogen) atoms. The molecule has 0 heterocycles. The van der Waals surface area contributed by atoms with E-state index in [4.69, 9.17) is 4.74 Å². The van der Waals surface area contributed by atoms with Gasteiger partial charge in [0.25, 0.3) is 0 Å². The zero-order valence-corrected chi connectivity index (χ0v) is 16.0. The number of carbonyl (C=O) groups is 1. The predicted molar refractivity (Wildman–Crippen MR) is 110 cm³/mol. The van der Waals surface area contributed by atoms with Crippen LogP contribution in [0.1, 0.15) is 29.2 Å². The molecule has 138 valence electrons. The number of nitrogens with one attached hydrogen (secondary N) is 1. The maximum Gasteiger partial charge on any atom is 0.244 e. The SMILES string of the molecule is CCOc1ccc2ccccc2c1/C=N\NC(=O)Cc1ccc(C)cc1C. The first-order chi connectivity index (χ1) is 13.1. The molecule has 3 aromatic carbocycles. The van der Waals surface area contributed by atoms with Crippen LogP contribution < -0.4 is 10.2 Å². The topological polar surface area (TPSA) is 50.7 Å². The molecule has 3 rings (SSSR count). The number of rotatable bonds is 6. The van der Waals surface area contributed by atoms with E-state index in [1.807, 2.05) is 69.3 Å². The zero-order valence-electron chi connectivity index (χ0n) is 16.0. The molecule has 0 unspecified atom stereocenters. The van der Waals surface area contributed by atoms with Crippen LogP contribution in [0.5, 0.6) is 5.75 Å². The molecule has 0 saturated carbocycles. The van der Waals surface area contributed by atoms with Crippen LogP contribution in [0.4, 0.5) is 0 Å². The van der Waals surface area contributed by atoms with Crippen LogP contribution in [0.3, 0.4) is 0 Å². The van der Waals surface area contributed by atoms with Gasteiger partial charge in [-0.2, -0.15) is 5.10 Å². The van der Waals surface area contributed by atoms with Crippen LogP contribution in [0.15, 0.2) is 59.7 Å². The molecular weight excluding hydrogens is 336 g/mol. The molecule has 1 N–H and O–H groups in total. The van der Waals surface area contributed by atoms with Crippen LogP contribution in [-0.4, -0.2) is 18.7 Å². The molecule has 1 amide bonds. The molecule has 0 atom stereocenters. The van der Waals surface area contributed by atoms with E-state index in [9.17, 15) is 4.79 Å². The molecule has 0 fully saturated rings. The van der Waals surface area contributed by atoms with Gasteiger partial charge in [-0.3, -0.25) is 4.79 Å². The van der Waals surface area contributed by atoms with Gasteiger partial charge in [-0.05, 0) is 48.7 Å². The summed E-state index contributed by atoms with van der Waals surface area (Å²) in [6, 6.07) is 18.1. The Morgan fingerprint density at radius 1 is 1.11 bits per heavy atom. The Labute approximate surface area is 159 Å².